The van der Waals surface area contributed by atoms with Crippen molar-refractivity contribution in [2.75, 3.05) is 5.32 Å². The molecule has 0 saturated heterocycles. The number of tetrazole rings is 1. The summed E-state index contributed by atoms with van der Waals surface area (Å²) in [6.07, 6.45) is 1.38. The SMILES string of the molecule is N#CC(=CNc1ccc([As](=O)(O)O)cc1)c1nn[nH]n1. The van der Waals surface area contributed by atoms with Crippen LogP contribution in [-0.2, 0) is 3.74 Å². The molecular weight excluding hydrogens is 327 g/mol. The van der Waals surface area contributed by atoms with Gasteiger partial charge in [-0.25, -0.2) is 0 Å². The second-order valence-corrected chi connectivity index (χ2v) is 7.01. The van der Waals surface area contributed by atoms with Crippen molar-refractivity contribution in [2.24, 2.45) is 0 Å². The third-order valence-corrected chi connectivity index (χ3v) is 4.33. The van der Waals surface area contributed by atoms with Crippen molar-refractivity contribution in [3.05, 3.63) is 36.3 Å². The van der Waals surface area contributed by atoms with Gasteiger partial charge in [-0.1, -0.05) is 0 Å². The third-order valence-electron chi connectivity index (χ3n) is 2.29. The Morgan fingerprint density at radius 2 is 2.10 bits per heavy atom. The first-order valence-electron chi connectivity index (χ1n) is 5.27. The summed E-state index contributed by atoms with van der Waals surface area (Å²) in [6, 6.07) is 7.56. The summed E-state index contributed by atoms with van der Waals surface area (Å²) in [5.41, 5.74) is 0.732. The Bertz CT molecular complexity index is 698. The van der Waals surface area contributed by atoms with E-state index in [9.17, 15) is 3.74 Å². The van der Waals surface area contributed by atoms with Crippen LogP contribution in [-0.4, -0.2) is 43.0 Å². The molecule has 9 nitrogen and oxygen atoms in total. The number of aromatic nitrogens is 4. The molecule has 0 aliphatic carbocycles. The van der Waals surface area contributed by atoms with Crippen molar-refractivity contribution in [2.45, 2.75) is 0 Å². The predicted octanol–water partition coefficient (Wildman–Crippen LogP) is -1.26. The Morgan fingerprint density at radius 1 is 1.40 bits per heavy atom. The summed E-state index contributed by atoms with van der Waals surface area (Å²) in [4.78, 5) is 0. The van der Waals surface area contributed by atoms with Gasteiger partial charge in [0.15, 0.2) is 0 Å². The Morgan fingerprint density at radius 3 is 2.60 bits per heavy atom. The molecule has 0 aliphatic heterocycles. The number of anilines is 1. The van der Waals surface area contributed by atoms with Crippen LogP contribution in [0, 0.1) is 11.3 Å². The Hall–Kier alpha value is -2.40. The van der Waals surface area contributed by atoms with Crippen LogP contribution in [0.1, 0.15) is 5.82 Å². The summed E-state index contributed by atoms with van der Waals surface area (Å²) in [6.45, 7) is 0. The number of allylic oxidation sites excluding steroid dienone is 1. The number of nitrogens with zero attached hydrogens (tertiary/aromatic N) is 4. The molecule has 0 aliphatic rings. The van der Waals surface area contributed by atoms with Crippen LogP contribution in [0.2, 0.25) is 0 Å². The summed E-state index contributed by atoms with van der Waals surface area (Å²) in [5.74, 6) is 0.148. The fourth-order valence-electron chi connectivity index (χ4n) is 1.33. The number of aromatic amines is 1. The topological polar surface area (TPSA) is 148 Å². The zero-order valence-corrected chi connectivity index (χ0v) is 11.8. The van der Waals surface area contributed by atoms with E-state index in [4.69, 9.17) is 13.5 Å². The van der Waals surface area contributed by atoms with Crippen LogP contribution in [0.5, 0.6) is 0 Å². The van der Waals surface area contributed by atoms with Gasteiger partial charge in [-0.15, -0.1) is 0 Å². The number of H-pyrrole nitrogens is 1. The van der Waals surface area contributed by atoms with Crippen molar-refractivity contribution in [1.29, 1.82) is 5.26 Å². The number of nitriles is 1. The van der Waals surface area contributed by atoms with E-state index in [1.807, 2.05) is 6.07 Å². The van der Waals surface area contributed by atoms with Crippen LogP contribution in [0.25, 0.3) is 5.57 Å². The van der Waals surface area contributed by atoms with Gasteiger partial charge in [0.1, 0.15) is 0 Å². The molecule has 0 saturated carbocycles. The zero-order valence-electron chi connectivity index (χ0n) is 9.93. The minimum absolute atomic E-state index is 0.0173. The molecule has 102 valence electrons. The molecule has 2 aromatic rings. The molecule has 0 bridgehead atoms. The summed E-state index contributed by atoms with van der Waals surface area (Å²) < 4.78 is 29.1. The average molecular weight is 336 g/mol. The Balaban J connectivity index is 2.15. The Labute approximate surface area is 115 Å². The molecule has 0 unspecified atom stereocenters. The molecule has 0 fully saturated rings. The van der Waals surface area contributed by atoms with E-state index in [0.29, 0.717) is 5.69 Å². The molecule has 1 heterocycles. The second-order valence-electron chi connectivity index (χ2n) is 3.64. The zero-order chi connectivity index (χ0) is 14.6. The Kier molecular flexibility index (Phi) is 4.00. The number of hydrogen-bond donors (Lipinski definition) is 4. The van der Waals surface area contributed by atoms with Crippen LogP contribution >= 0.6 is 0 Å². The van der Waals surface area contributed by atoms with Crippen LogP contribution in [0.15, 0.2) is 30.5 Å². The van der Waals surface area contributed by atoms with E-state index >= 15 is 0 Å². The van der Waals surface area contributed by atoms with Crippen LogP contribution in [0.4, 0.5) is 5.69 Å². The van der Waals surface area contributed by atoms with Gasteiger partial charge < -0.3 is 0 Å². The van der Waals surface area contributed by atoms with E-state index < -0.39 is 14.2 Å². The fraction of sp³-hybridized carbons (Fsp3) is 0. The van der Waals surface area contributed by atoms with Gasteiger partial charge in [0.25, 0.3) is 0 Å². The van der Waals surface area contributed by atoms with Gasteiger partial charge >= 0.3 is 115 Å². The van der Waals surface area contributed by atoms with E-state index in [1.165, 1.54) is 30.5 Å². The molecule has 1 aromatic heterocycles. The van der Waals surface area contributed by atoms with Gasteiger partial charge in [0, 0.05) is 0 Å². The normalized spacial score (nSPS) is 11.9. The molecule has 10 heteroatoms. The molecule has 0 amide bonds. The number of rotatable bonds is 4. The first kappa shape index (κ1) is 14.0. The molecule has 20 heavy (non-hydrogen) atoms. The molecule has 2 rings (SSSR count). The van der Waals surface area contributed by atoms with Crippen molar-refractivity contribution in [1.82, 2.24) is 20.6 Å². The molecule has 0 radical (unpaired) electrons. The quantitative estimate of drug-likeness (QED) is 0.399. The van der Waals surface area contributed by atoms with E-state index in [1.54, 1.807) is 0 Å². The van der Waals surface area contributed by atoms with Crippen molar-refractivity contribution in [3.63, 3.8) is 0 Å². The third kappa shape index (κ3) is 3.33. The number of benzene rings is 1. The van der Waals surface area contributed by atoms with E-state index in [0.717, 1.165) is 0 Å². The van der Waals surface area contributed by atoms with Gasteiger partial charge in [0.05, 0.1) is 0 Å². The average Bonchev–Trinajstić information content (AvgIpc) is 2.93. The first-order chi connectivity index (χ1) is 9.50. The first-order valence-corrected chi connectivity index (χ1v) is 8.66. The minimum atomic E-state index is -4.86. The molecule has 4 N–H and O–H groups in total. The van der Waals surface area contributed by atoms with Gasteiger partial charge in [-0.2, -0.15) is 0 Å². The van der Waals surface area contributed by atoms with Gasteiger partial charge in [-0.3, -0.25) is 0 Å². The van der Waals surface area contributed by atoms with Crippen molar-refractivity contribution in [3.8, 4) is 6.07 Å². The van der Waals surface area contributed by atoms with E-state index in [-0.39, 0.29) is 15.7 Å². The summed E-state index contributed by atoms with van der Waals surface area (Å²) in [5, 5.41) is 24.7. The monoisotopic (exact) mass is 336 g/mol. The second kappa shape index (κ2) is 5.71. The van der Waals surface area contributed by atoms with Crippen LogP contribution < -0.4 is 9.67 Å². The molecule has 0 atom stereocenters. The summed E-state index contributed by atoms with van der Waals surface area (Å²) in [7, 11) is 0. The number of hydrogen-bond acceptors (Lipinski definition) is 6. The van der Waals surface area contributed by atoms with Crippen LogP contribution in [0.3, 0.4) is 0 Å². The van der Waals surface area contributed by atoms with Crippen molar-refractivity contribution < 1.29 is 11.9 Å². The maximum atomic E-state index is 11.1. The molecule has 0 spiro atoms. The fourth-order valence-corrected chi connectivity index (χ4v) is 2.46. The van der Waals surface area contributed by atoms with Gasteiger partial charge in [-0.05, 0) is 0 Å². The standard InChI is InChI=1S/C10H9AsN6O3/c12-5-7(10-14-16-17-15-10)6-13-9-3-1-8(2-4-9)11(18,19)20/h1-4,6,13H,(H2,18,19,20)(H,14,15,16,17). The number of nitrogens with one attached hydrogen (secondary N) is 2. The maximum absolute atomic E-state index is 11.1. The molecular formula is C10H9AsN6O3. The van der Waals surface area contributed by atoms with E-state index in [2.05, 4.69) is 25.9 Å². The van der Waals surface area contributed by atoms with Gasteiger partial charge in [0.2, 0.25) is 0 Å². The molecule has 1 aromatic carbocycles. The van der Waals surface area contributed by atoms with Crippen molar-refractivity contribution >= 4 is 29.8 Å². The predicted molar refractivity (Wildman–Crippen MR) is 68.3 cm³/mol. The summed E-state index contributed by atoms with van der Waals surface area (Å²) >= 11 is -4.86.